The molecule has 12 heavy (non-hydrogen) atoms. The van der Waals surface area contributed by atoms with Gasteiger partial charge in [0.15, 0.2) is 0 Å². The van der Waals surface area contributed by atoms with E-state index in [0.29, 0.717) is 21.6 Å². The summed E-state index contributed by atoms with van der Waals surface area (Å²) >= 11 is 9.13. The van der Waals surface area contributed by atoms with Crippen LogP contribution in [0.2, 0.25) is 5.02 Å². The highest BCUT2D eigenvalue weighted by Gasteiger charge is 2.04. The fourth-order valence-corrected chi connectivity index (χ4v) is 1.55. The molecule has 0 aromatic heterocycles. The summed E-state index contributed by atoms with van der Waals surface area (Å²) in [5.74, 6) is 0. The van der Waals surface area contributed by atoms with Gasteiger partial charge in [0.05, 0.1) is 16.7 Å². The van der Waals surface area contributed by atoms with E-state index in [4.69, 9.17) is 22.6 Å². The van der Waals surface area contributed by atoms with Gasteiger partial charge in [-0.25, -0.2) is 0 Å². The van der Waals surface area contributed by atoms with E-state index < -0.39 is 0 Å². The first-order valence-electron chi connectivity index (χ1n) is 3.27. The van der Waals surface area contributed by atoms with Crippen molar-refractivity contribution in [3.8, 4) is 6.07 Å². The van der Waals surface area contributed by atoms with E-state index in [9.17, 15) is 0 Å². The van der Waals surface area contributed by atoms with Crippen LogP contribution in [0.25, 0.3) is 0 Å². The maximum atomic E-state index is 8.62. The number of hydrogen-bond acceptors (Lipinski definition) is 2. The molecule has 0 amide bonds. The van der Waals surface area contributed by atoms with Gasteiger partial charge in [0.25, 0.3) is 0 Å². The second-order valence-corrected chi connectivity index (χ2v) is 3.48. The summed E-state index contributed by atoms with van der Waals surface area (Å²) in [5.41, 5.74) is 6.77. The number of rotatable bonds is 1. The van der Waals surface area contributed by atoms with Crippen molar-refractivity contribution in [2.45, 2.75) is 6.54 Å². The molecule has 2 nitrogen and oxygen atoms in total. The van der Waals surface area contributed by atoms with E-state index in [1.165, 1.54) is 0 Å². The smallest absolute Gasteiger partial charge is 0.0992 e. The Bertz CT molecular complexity index is 344. The van der Waals surface area contributed by atoms with Crippen LogP contribution in [0.15, 0.2) is 16.6 Å². The van der Waals surface area contributed by atoms with Crippen molar-refractivity contribution in [3.63, 3.8) is 0 Å². The molecule has 0 aliphatic rings. The molecular weight excluding hydrogens is 239 g/mol. The van der Waals surface area contributed by atoms with Crippen molar-refractivity contribution in [2.24, 2.45) is 5.73 Å². The van der Waals surface area contributed by atoms with Crippen LogP contribution in [0.4, 0.5) is 0 Å². The predicted octanol–water partition coefficient (Wildman–Crippen LogP) is 2.43. The minimum atomic E-state index is 0.340. The standard InChI is InChI=1S/C8H6BrClN2/c9-7-2-5(3-11)1-6(4-12)8(7)10/h1-2H,4,12H2. The lowest BCUT2D eigenvalue weighted by Crippen LogP contribution is -1.98. The van der Waals surface area contributed by atoms with Gasteiger partial charge in [-0.1, -0.05) is 11.6 Å². The van der Waals surface area contributed by atoms with Gasteiger partial charge in [0, 0.05) is 11.0 Å². The Balaban J connectivity index is 3.31. The highest BCUT2D eigenvalue weighted by atomic mass is 79.9. The number of nitrogens with zero attached hydrogens (tertiary/aromatic N) is 1. The molecule has 0 atom stereocenters. The lowest BCUT2D eigenvalue weighted by Gasteiger charge is -2.03. The summed E-state index contributed by atoms with van der Waals surface area (Å²) < 4.78 is 0.712. The van der Waals surface area contributed by atoms with Crippen LogP contribution in [0.1, 0.15) is 11.1 Å². The SMILES string of the molecule is N#Cc1cc(Br)c(Cl)c(CN)c1. The van der Waals surface area contributed by atoms with Crippen LogP contribution in [0.3, 0.4) is 0 Å². The topological polar surface area (TPSA) is 49.8 Å². The molecule has 0 aliphatic carbocycles. The van der Waals surface area contributed by atoms with Crippen LogP contribution in [-0.4, -0.2) is 0 Å². The first-order valence-corrected chi connectivity index (χ1v) is 4.44. The molecule has 0 fully saturated rings. The largest absolute Gasteiger partial charge is 0.326 e. The summed E-state index contributed by atoms with van der Waals surface area (Å²) in [5, 5.41) is 9.20. The number of nitrogens with two attached hydrogens (primary N) is 1. The molecule has 62 valence electrons. The summed E-state index contributed by atoms with van der Waals surface area (Å²) in [4.78, 5) is 0. The lowest BCUT2D eigenvalue weighted by molar-refractivity contribution is 1.07. The van der Waals surface area contributed by atoms with Gasteiger partial charge in [0.1, 0.15) is 0 Å². The number of halogens is 2. The molecule has 0 saturated heterocycles. The van der Waals surface area contributed by atoms with Crippen molar-refractivity contribution in [1.82, 2.24) is 0 Å². The second-order valence-electron chi connectivity index (χ2n) is 2.25. The molecule has 0 radical (unpaired) electrons. The summed E-state index contributed by atoms with van der Waals surface area (Å²) in [7, 11) is 0. The van der Waals surface area contributed by atoms with E-state index in [-0.39, 0.29) is 0 Å². The van der Waals surface area contributed by atoms with Gasteiger partial charge in [-0.3, -0.25) is 0 Å². The molecule has 0 aliphatic heterocycles. The first kappa shape index (κ1) is 9.53. The molecular formula is C8H6BrClN2. The zero-order valence-electron chi connectivity index (χ0n) is 6.14. The highest BCUT2D eigenvalue weighted by Crippen LogP contribution is 2.27. The van der Waals surface area contributed by atoms with Gasteiger partial charge in [-0.2, -0.15) is 5.26 Å². The third-order valence-electron chi connectivity index (χ3n) is 1.45. The van der Waals surface area contributed by atoms with Crippen molar-refractivity contribution in [2.75, 3.05) is 0 Å². The molecule has 4 heteroatoms. The van der Waals surface area contributed by atoms with Gasteiger partial charge in [-0.15, -0.1) is 0 Å². The van der Waals surface area contributed by atoms with E-state index in [1.54, 1.807) is 12.1 Å². The van der Waals surface area contributed by atoms with Crippen molar-refractivity contribution >= 4 is 27.5 Å². The number of benzene rings is 1. The molecule has 0 spiro atoms. The Morgan fingerprint density at radius 1 is 1.58 bits per heavy atom. The highest BCUT2D eigenvalue weighted by molar-refractivity contribution is 9.10. The minimum Gasteiger partial charge on any atom is -0.326 e. The molecule has 0 saturated carbocycles. The van der Waals surface area contributed by atoms with E-state index in [0.717, 1.165) is 5.56 Å². The molecule has 0 heterocycles. The lowest BCUT2D eigenvalue weighted by atomic mass is 10.1. The number of hydrogen-bond donors (Lipinski definition) is 1. The fraction of sp³-hybridized carbons (Fsp3) is 0.125. The Kier molecular flexibility index (Phi) is 3.10. The Labute approximate surface area is 84.1 Å². The average molecular weight is 246 g/mol. The van der Waals surface area contributed by atoms with Gasteiger partial charge in [-0.05, 0) is 33.6 Å². The van der Waals surface area contributed by atoms with Crippen molar-refractivity contribution < 1.29 is 0 Å². The van der Waals surface area contributed by atoms with Crippen LogP contribution in [0, 0.1) is 11.3 Å². The van der Waals surface area contributed by atoms with Crippen molar-refractivity contribution in [1.29, 1.82) is 5.26 Å². The molecule has 1 aromatic carbocycles. The average Bonchev–Trinajstić information content (AvgIpc) is 2.09. The third kappa shape index (κ3) is 1.78. The van der Waals surface area contributed by atoms with Crippen LogP contribution in [-0.2, 0) is 6.54 Å². The zero-order valence-corrected chi connectivity index (χ0v) is 8.48. The second kappa shape index (κ2) is 3.90. The van der Waals surface area contributed by atoms with E-state index >= 15 is 0 Å². The molecule has 2 N–H and O–H groups in total. The van der Waals surface area contributed by atoms with E-state index in [2.05, 4.69) is 15.9 Å². The third-order valence-corrected chi connectivity index (χ3v) is 2.75. The van der Waals surface area contributed by atoms with Gasteiger partial charge >= 0.3 is 0 Å². The fourth-order valence-electron chi connectivity index (χ4n) is 0.859. The Morgan fingerprint density at radius 2 is 2.25 bits per heavy atom. The molecule has 1 rings (SSSR count). The zero-order chi connectivity index (χ0) is 9.14. The van der Waals surface area contributed by atoms with E-state index in [1.807, 2.05) is 6.07 Å². The van der Waals surface area contributed by atoms with Crippen LogP contribution < -0.4 is 5.73 Å². The molecule has 1 aromatic rings. The minimum absolute atomic E-state index is 0.340. The number of nitriles is 1. The quantitative estimate of drug-likeness (QED) is 0.826. The Hall–Kier alpha value is -0.560. The van der Waals surface area contributed by atoms with Gasteiger partial charge < -0.3 is 5.73 Å². The predicted molar refractivity (Wildman–Crippen MR) is 51.8 cm³/mol. The van der Waals surface area contributed by atoms with Crippen molar-refractivity contribution in [3.05, 3.63) is 32.8 Å². The normalized spacial score (nSPS) is 9.50. The maximum Gasteiger partial charge on any atom is 0.0992 e. The first-order chi connectivity index (χ1) is 5.69. The maximum absolute atomic E-state index is 8.62. The monoisotopic (exact) mass is 244 g/mol. The molecule has 0 unspecified atom stereocenters. The van der Waals surface area contributed by atoms with Gasteiger partial charge in [0.2, 0.25) is 0 Å². The van der Waals surface area contributed by atoms with Crippen LogP contribution >= 0.6 is 27.5 Å². The summed E-state index contributed by atoms with van der Waals surface area (Å²) in [6.45, 7) is 0.340. The summed E-state index contributed by atoms with van der Waals surface area (Å²) in [6, 6.07) is 5.38. The molecule has 0 bridgehead atoms. The Morgan fingerprint density at radius 3 is 2.75 bits per heavy atom. The van der Waals surface area contributed by atoms with Crippen LogP contribution in [0.5, 0.6) is 0 Å². The summed E-state index contributed by atoms with van der Waals surface area (Å²) in [6.07, 6.45) is 0.